The van der Waals surface area contributed by atoms with Crippen LogP contribution in [0, 0.1) is 65.2 Å². The monoisotopic (exact) mass is 460 g/mol. The van der Waals surface area contributed by atoms with E-state index in [-0.39, 0.29) is 5.41 Å². The third-order valence-electron chi connectivity index (χ3n) is 8.50. The average Bonchev–Trinajstić information content (AvgIpc) is 3.09. The lowest BCUT2D eigenvalue weighted by molar-refractivity contribution is 0.257. The summed E-state index contributed by atoms with van der Waals surface area (Å²) in [5.41, 5.74) is 12.2. The van der Waals surface area contributed by atoms with Crippen molar-refractivity contribution in [1.82, 2.24) is 0 Å². The molecule has 1 saturated carbocycles. The van der Waals surface area contributed by atoms with Crippen molar-refractivity contribution in [3.8, 4) is 0 Å². The number of hydrogen-bond acceptors (Lipinski definition) is 0. The smallest absolute Gasteiger partial charge is 0.0488 e. The maximum Gasteiger partial charge on any atom is 0.0488 e. The number of fused-ring (bicyclic) bond motifs is 1. The highest BCUT2D eigenvalue weighted by molar-refractivity contribution is 5.56. The summed E-state index contributed by atoms with van der Waals surface area (Å²) >= 11 is 0. The molecule has 0 nitrogen and oxygen atoms in total. The lowest BCUT2D eigenvalue weighted by Gasteiger charge is -2.46. The van der Waals surface area contributed by atoms with E-state index in [0.29, 0.717) is 23.7 Å². The van der Waals surface area contributed by atoms with Crippen molar-refractivity contribution in [1.29, 1.82) is 0 Å². The highest BCUT2D eigenvalue weighted by atomic mass is 14.6. The molecular weight excluding hydrogens is 420 g/mol. The lowest BCUT2D eigenvalue weighted by atomic mass is 9.56. The lowest BCUT2D eigenvalue weighted by Crippen LogP contribution is -2.43. The van der Waals surface area contributed by atoms with Crippen molar-refractivity contribution in [2.24, 2.45) is 23.7 Å². The second-order valence-corrected chi connectivity index (χ2v) is 11.7. The zero-order valence-corrected chi connectivity index (χ0v) is 22.5. The van der Waals surface area contributed by atoms with E-state index < -0.39 is 0 Å². The van der Waals surface area contributed by atoms with Crippen molar-refractivity contribution >= 4 is 0 Å². The molecule has 0 N–H and O–H groups in total. The molecule has 0 amide bonds. The zero-order valence-electron chi connectivity index (χ0n) is 22.5. The minimum absolute atomic E-state index is 0.224. The molecule has 0 heteroatoms. The van der Waals surface area contributed by atoms with Crippen LogP contribution in [0.1, 0.15) is 63.4 Å². The molecule has 0 aromatic heterocycles. The summed E-state index contributed by atoms with van der Waals surface area (Å²) in [5, 5.41) is 0. The zero-order chi connectivity index (χ0) is 24.9. The molecular formula is C35H40. The van der Waals surface area contributed by atoms with Gasteiger partial charge in [0, 0.05) is 5.41 Å². The van der Waals surface area contributed by atoms with Crippen molar-refractivity contribution in [3.05, 3.63) is 129 Å². The minimum atomic E-state index is -0.224. The molecule has 3 aromatic carbocycles. The Bertz CT molecular complexity index is 1130. The van der Waals surface area contributed by atoms with E-state index in [9.17, 15) is 0 Å². The quantitative estimate of drug-likeness (QED) is 0.341. The van der Waals surface area contributed by atoms with E-state index in [2.05, 4.69) is 127 Å². The SMILES string of the molecule is Cc1cc(C)cc(C(c2cc(C)cc(C)c2)(c2cc(C)cc(C)c2)C2C(C)CC3C=CC=CC32)c1. The summed E-state index contributed by atoms with van der Waals surface area (Å²) in [6, 6.07) is 21.8. The number of rotatable bonds is 4. The molecule has 0 heterocycles. The van der Waals surface area contributed by atoms with Gasteiger partial charge in [-0.15, -0.1) is 0 Å². The maximum atomic E-state index is 2.52. The molecule has 0 radical (unpaired) electrons. The fourth-order valence-electron chi connectivity index (χ4n) is 7.65. The Balaban J connectivity index is 1.95. The molecule has 3 aromatic rings. The van der Waals surface area contributed by atoms with Gasteiger partial charge in [-0.05, 0) is 88.3 Å². The molecule has 0 aliphatic heterocycles. The van der Waals surface area contributed by atoms with Crippen LogP contribution in [0.15, 0.2) is 78.9 Å². The van der Waals surface area contributed by atoms with Crippen LogP contribution in [-0.4, -0.2) is 0 Å². The third-order valence-corrected chi connectivity index (χ3v) is 8.50. The Morgan fingerprint density at radius 2 is 0.914 bits per heavy atom. The van der Waals surface area contributed by atoms with Gasteiger partial charge in [0.1, 0.15) is 0 Å². The van der Waals surface area contributed by atoms with Crippen LogP contribution < -0.4 is 0 Å². The molecule has 180 valence electrons. The number of hydrogen-bond donors (Lipinski definition) is 0. The van der Waals surface area contributed by atoms with E-state index >= 15 is 0 Å². The predicted molar refractivity (Wildman–Crippen MR) is 150 cm³/mol. The Morgan fingerprint density at radius 1 is 0.543 bits per heavy atom. The molecule has 2 aliphatic rings. The Kier molecular flexibility index (Phi) is 6.12. The highest BCUT2D eigenvalue weighted by Gasteiger charge is 2.54. The Morgan fingerprint density at radius 3 is 1.31 bits per heavy atom. The molecule has 4 atom stereocenters. The second kappa shape index (κ2) is 8.98. The van der Waals surface area contributed by atoms with Gasteiger partial charge in [-0.2, -0.15) is 0 Å². The fourth-order valence-corrected chi connectivity index (χ4v) is 7.65. The number of benzene rings is 3. The summed E-state index contributed by atoms with van der Waals surface area (Å²) in [7, 11) is 0. The van der Waals surface area contributed by atoms with Crippen molar-refractivity contribution in [3.63, 3.8) is 0 Å². The van der Waals surface area contributed by atoms with Crippen molar-refractivity contribution in [2.45, 2.75) is 60.3 Å². The summed E-state index contributed by atoms with van der Waals surface area (Å²) in [6.07, 6.45) is 10.8. The summed E-state index contributed by atoms with van der Waals surface area (Å²) in [4.78, 5) is 0. The second-order valence-electron chi connectivity index (χ2n) is 11.7. The van der Waals surface area contributed by atoms with Crippen molar-refractivity contribution < 1.29 is 0 Å². The molecule has 5 rings (SSSR count). The van der Waals surface area contributed by atoms with E-state index in [1.807, 2.05) is 0 Å². The molecule has 1 fully saturated rings. The summed E-state index contributed by atoms with van der Waals surface area (Å²) in [5.74, 6) is 2.21. The maximum absolute atomic E-state index is 2.52. The Hall–Kier alpha value is -2.86. The van der Waals surface area contributed by atoms with E-state index in [4.69, 9.17) is 0 Å². The van der Waals surface area contributed by atoms with Crippen LogP contribution in [0.2, 0.25) is 0 Å². The van der Waals surface area contributed by atoms with Crippen LogP contribution in [0.3, 0.4) is 0 Å². The van der Waals surface area contributed by atoms with Gasteiger partial charge in [0.05, 0.1) is 0 Å². The van der Waals surface area contributed by atoms with Gasteiger partial charge < -0.3 is 0 Å². The fraction of sp³-hybridized carbons (Fsp3) is 0.371. The molecule has 35 heavy (non-hydrogen) atoms. The first kappa shape index (κ1) is 23.9. The van der Waals surface area contributed by atoms with Crippen LogP contribution in [0.5, 0.6) is 0 Å². The summed E-state index contributed by atoms with van der Waals surface area (Å²) < 4.78 is 0. The number of allylic oxidation sites excluding steroid dienone is 4. The van der Waals surface area contributed by atoms with Gasteiger partial charge in [0.25, 0.3) is 0 Å². The van der Waals surface area contributed by atoms with Crippen LogP contribution >= 0.6 is 0 Å². The average molecular weight is 461 g/mol. The number of aryl methyl sites for hydroxylation is 6. The first-order valence-electron chi connectivity index (χ1n) is 13.3. The van der Waals surface area contributed by atoms with Gasteiger partial charge in [-0.1, -0.05) is 119 Å². The first-order chi connectivity index (χ1) is 16.7. The van der Waals surface area contributed by atoms with Gasteiger partial charge in [0.15, 0.2) is 0 Å². The van der Waals surface area contributed by atoms with Crippen molar-refractivity contribution in [2.75, 3.05) is 0 Å². The van der Waals surface area contributed by atoms with Gasteiger partial charge in [0.2, 0.25) is 0 Å². The largest absolute Gasteiger partial charge is 0.0808 e. The predicted octanol–water partition coefficient (Wildman–Crippen LogP) is 8.89. The highest BCUT2D eigenvalue weighted by Crippen LogP contribution is 2.59. The molecule has 0 saturated heterocycles. The van der Waals surface area contributed by atoms with Gasteiger partial charge in [-0.25, -0.2) is 0 Å². The van der Waals surface area contributed by atoms with Crippen LogP contribution in [0.25, 0.3) is 0 Å². The van der Waals surface area contributed by atoms with Gasteiger partial charge >= 0.3 is 0 Å². The standard InChI is InChI=1S/C35H40/c1-22-12-23(2)16-30(15-22)35(31-17-24(3)13-25(4)18-31,32-19-26(5)14-27(6)20-32)34-28(7)21-29-10-8-9-11-33(29)34/h8-20,28-29,33-34H,21H2,1-7H3. The minimum Gasteiger partial charge on any atom is -0.0808 e. The van der Waals surface area contributed by atoms with Crippen LogP contribution in [-0.2, 0) is 5.41 Å². The molecule has 4 unspecified atom stereocenters. The van der Waals surface area contributed by atoms with E-state index in [0.717, 1.165) is 0 Å². The first-order valence-corrected chi connectivity index (χ1v) is 13.3. The Labute approximate surface area is 212 Å². The summed E-state index contributed by atoms with van der Waals surface area (Å²) in [6.45, 7) is 16.1. The normalized spacial score (nSPS) is 23.5. The van der Waals surface area contributed by atoms with E-state index in [1.165, 1.54) is 56.5 Å². The molecule has 0 bridgehead atoms. The third kappa shape index (κ3) is 4.12. The van der Waals surface area contributed by atoms with Crippen LogP contribution in [0.4, 0.5) is 0 Å². The van der Waals surface area contributed by atoms with Gasteiger partial charge in [-0.3, -0.25) is 0 Å². The topological polar surface area (TPSA) is 0 Å². The van der Waals surface area contributed by atoms with E-state index in [1.54, 1.807) is 0 Å². The molecule has 2 aliphatic carbocycles. The molecule has 0 spiro atoms.